The average molecular weight is 680 g/mol. The summed E-state index contributed by atoms with van der Waals surface area (Å²) in [4.78, 5) is 55.0. The number of ether oxygens (including phenoxy) is 1. The summed E-state index contributed by atoms with van der Waals surface area (Å²) in [6, 6.07) is 25.0. The summed E-state index contributed by atoms with van der Waals surface area (Å²) in [6.45, 7) is 4.25. The van der Waals surface area contributed by atoms with E-state index in [2.05, 4.69) is 22.0 Å². The van der Waals surface area contributed by atoms with Crippen molar-refractivity contribution in [1.82, 2.24) is 10.2 Å². The van der Waals surface area contributed by atoms with E-state index < -0.39 is 17.1 Å². The third-order valence-corrected chi connectivity index (χ3v) is 9.78. The fourth-order valence-electron chi connectivity index (χ4n) is 5.04. The molecule has 0 saturated carbocycles. The van der Waals surface area contributed by atoms with Crippen LogP contribution < -0.4 is 20.7 Å². The topological polar surface area (TPSA) is 141 Å². The summed E-state index contributed by atoms with van der Waals surface area (Å²) in [7, 11) is 1.55. The van der Waals surface area contributed by atoms with Gasteiger partial charge in [0, 0.05) is 34.5 Å². The second-order valence-corrected chi connectivity index (χ2v) is 13.4. The Balaban J connectivity index is 1.28. The molecule has 0 bridgehead atoms. The number of amides is 4. The first-order chi connectivity index (χ1) is 23.1. The number of nitrogens with zero attached hydrogens (tertiary/aromatic N) is 2. The Morgan fingerprint density at radius 2 is 1.79 bits per heavy atom. The maximum absolute atomic E-state index is 13.5. The summed E-state index contributed by atoms with van der Waals surface area (Å²) in [6.07, 6.45) is 2.14. The van der Waals surface area contributed by atoms with Gasteiger partial charge in [-0.1, -0.05) is 36.4 Å². The van der Waals surface area contributed by atoms with Crippen LogP contribution in [0.3, 0.4) is 0 Å². The molecule has 48 heavy (non-hydrogen) atoms. The third-order valence-electron chi connectivity index (χ3n) is 7.56. The lowest BCUT2D eigenvalue weighted by Gasteiger charge is -2.25. The van der Waals surface area contributed by atoms with Gasteiger partial charge in [0.05, 0.1) is 24.5 Å². The van der Waals surface area contributed by atoms with Gasteiger partial charge < -0.3 is 25.6 Å². The predicted octanol–water partition coefficient (Wildman–Crippen LogP) is 6.06. The monoisotopic (exact) mass is 679 g/mol. The van der Waals surface area contributed by atoms with Gasteiger partial charge in [-0.15, -0.1) is 23.1 Å². The van der Waals surface area contributed by atoms with E-state index in [1.54, 1.807) is 97.8 Å². The molecule has 1 aromatic heterocycles. The van der Waals surface area contributed by atoms with E-state index in [1.165, 1.54) is 30.0 Å². The highest BCUT2D eigenvalue weighted by molar-refractivity contribution is 8.00. The van der Waals surface area contributed by atoms with Crippen LogP contribution in [-0.2, 0) is 27.3 Å². The van der Waals surface area contributed by atoms with Gasteiger partial charge in [-0.25, -0.2) is 0 Å². The molecule has 0 saturated heterocycles. The van der Waals surface area contributed by atoms with E-state index in [0.29, 0.717) is 52.6 Å². The Labute approximate surface area is 286 Å². The summed E-state index contributed by atoms with van der Waals surface area (Å²) in [5, 5.41) is 18.3. The number of nitrogens with one attached hydrogen (secondary N) is 3. The van der Waals surface area contributed by atoms with Crippen molar-refractivity contribution in [2.24, 2.45) is 0 Å². The second-order valence-electron chi connectivity index (χ2n) is 10.9. The van der Waals surface area contributed by atoms with Crippen molar-refractivity contribution in [2.45, 2.75) is 37.0 Å². The molecule has 4 aromatic rings. The molecular weight excluding hydrogens is 647 g/mol. The first-order valence-corrected chi connectivity index (χ1v) is 16.8. The Morgan fingerprint density at radius 1 is 1.02 bits per heavy atom. The summed E-state index contributed by atoms with van der Waals surface area (Å²) in [5.41, 5.74) is 2.89. The Morgan fingerprint density at radius 3 is 2.52 bits per heavy atom. The first kappa shape index (κ1) is 34.0. The molecule has 0 aliphatic carbocycles. The van der Waals surface area contributed by atoms with Crippen LogP contribution in [0, 0.1) is 11.3 Å². The number of carbonyl (C=O) groups is 4. The van der Waals surface area contributed by atoms with Crippen molar-refractivity contribution in [3.63, 3.8) is 0 Å². The SMILES string of the molecule is COc1cccc(/C=C(\NC(=O)c2ccccc2)C(=O)Nc2cccc(SC(C)C(=O)Nc3sc4c(c3C#N)CCN(C(C)=O)C4)c2)c1. The van der Waals surface area contributed by atoms with Gasteiger partial charge in [-0.05, 0) is 73.0 Å². The maximum Gasteiger partial charge on any atom is 0.272 e. The van der Waals surface area contributed by atoms with E-state index in [-0.39, 0.29) is 17.5 Å². The zero-order valence-electron chi connectivity index (χ0n) is 26.5. The molecule has 2 heterocycles. The molecule has 1 unspecified atom stereocenters. The van der Waals surface area contributed by atoms with Gasteiger partial charge in [0.25, 0.3) is 11.8 Å². The number of thiophene rings is 1. The highest BCUT2D eigenvalue weighted by Gasteiger charge is 2.27. The van der Waals surface area contributed by atoms with Gasteiger partial charge in [0.1, 0.15) is 22.5 Å². The minimum Gasteiger partial charge on any atom is -0.497 e. The highest BCUT2D eigenvalue weighted by Crippen LogP contribution is 2.37. The maximum atomic E-state index is 13.5. The normalized spacial score (nSPS) is 13.0. The average Bonchev–Trinajstić information content (AvgIpc) is 3.44. The fourth-order valence-corrected chi connectivity index (χ4v) is 7.18. The van der Waals surface area contributed by atoms with Crippen LogP contribution in [0.4, 0.5) is 10.7 Å². The van der Waals surface area contributed by atoms with E-state index in [0.717, 1.165) is 15.3 Å². The quantitative estimate of drug-likeness (QED) is 0.137. The summed E-state index contributed by atoms with van der Waals surface area (Å²) < 4.78 is 5.31. The second kappa shape index (κ2) is 15.5. The molecule has 1 aliphatic heterocycles. The molecule has 3 N–H and O–H groups in total. The van der Waals surface area contributed by atoms with Crippen LogP contribution in [0.15, 0.2) is 89.5 Å². The van der Waals surface area contributed by atoms with Crippen LogP contribution in [0.5, 0.6) is 5.75 Å². The number of methoxy groups -OCH3 is 1. The number of hydrogen-bond acceptors (Lipinski definition) is 8. The summed E-state index contributed by atoms with van der Waals surface area (Å²) >= 11 is 2.62. The van der Waals surface area contributed by atoms with Crippen LogP contribution >= 0.6 is 23.1 Å². The zero-order chi connectivity index (χ0) is 34.2. The molecular formula is C36H33N5O5S2. The standard InChI is InChI=1S/C36H33N5O5S2/c1-22(33(43)40-36-30(20-37)29-15-16-41(23(2)42)21-32(29)48-36)47-28-14-8-12-26(19-28)38-35(45)31(18-24-9-7-13-27(17-24)46-3)39-34(44)25-10-5-4-6-11-25/h4-14,17-19,22H,15-16,21H2,1-3H3,(H,38,45)(H,39,44)(H,40,43)/b31-18-. The van der Waals surface area contributed by atoms with Gasteiger partial charge in [0.2, 0.25) is 11.8 Å². The number of nitriles is 1. The van der Waals surface area contributed by atoms with Crippen molar-refractivity contribution in [3.05, 3.63) is 112 Å². The van der Waals surface area contributed by atoms with E-state index in [9.17, 15) is 24.4 Å². The predicted molar refractivity (Wildman–Crippen MR) is 188 cm³/mol. The number of fused-ring (bicyclic) bond motifs is 1. The Kier molecular flexibility index (Phi) is 10.9. The van der Waals surface area contributed by atoms with Crippen molar-refractivity contribution in [3.8, 4) is 11.8 Å². The van der Waals surface area contributed by atoms with Gasteiger partial charge >= 0.3 is 0 Å². The molecule has 3 aromatic carbocycles. The molecule has 4 amide bonds. The van der Waals surface area contributed by atoms with E-state index in [4.69, 9.17) is 4.74 Å². The Bertz CT molecular complexity index is 1930. The lowest BCUT2D eigenvalue weighted by molar-refractivity contribution is -0.129. The zero-order valence-corrected chi connectivity index (χ0v) is 28.2. The number of benzene rings is 3. The van der Waals surface area contributed by atoms with E-state index in [1.807, 2.05) is 6.07 Å². The lowest BCUT2D eigenvalue weighted by atomic mass is 10.0. The van der Waals surface area contributed by atoms with Crippen molar-refractivity contribution < 1.29 is 23.9 Å². The molecule has 10 nitrogen and oxygen atoms in total. The molecule has 0 radical (unpaired) electrons. The molecule has 0 fully saturated rings. The van der Waals surface area contributed by atoms with Crippen molar-refractivity contribution >= 4 is 63.5 Å². The fraction of sp³-hybridized carbons (Fsp3) is 0.194. The number of carbonyl (C=O) groups excluding carboxylic acids is 4. The summed E-state index contributed by atoms with van der Waals surface area (Å²) in [5.74, 6) is -0.680. The Hall–Kier alpha value is -5.38. The number of anilines is 2. The molecule has 1 aliphatic rings. The third kappa shape index (κ3) is 8.31. The van der Waals surface area contributed by atoms with Crippen LogP contribution in [0.1, 0.15) is 45.8 Å². The highest BCUT2D eigenvalue weighted by atomic mass is 32.2. The van der Waals surface area contributed by atoms with Gasteiger partial charge in [0.15, 0.2) is 0 Å². The smallest absolute Gasteiger partial charge is 0.272 e. The molecule has 12 heteroatoms. The first-order valence-electron chi connectivity index (χ1n) is 15.1. The lowest BCUT2D eigenvalue weighted by Crippen LogP contribution is -2.33. The molecule has 5 rings (SSSR count). The molecule has 0 spiro atoms. The number of hydrogen-bond donors (Lipinski definition) is 3. The van der Waals surface area contributed by atoms with Crippen LogP contribution in [0.2, 0.25) is 0 Å². The minimum atomic E-state index is -0.538. The minimum absolute atomic E-state index is 0.0253. The van der Waals surface area contributed by atoms with Gasteiger partial charge in [-0.3, -0.25) is 19.2 Å². The largest absolute Gasteiger partial charge is 0.497 e. The molecule has 1 atom stereocenters. The molecule has 244 valence electrons. The van der Waals surface area contributed by atoms with Crippen LogP contribution in [-0.4, -0.2) is 47.4 Å². The number of thioether (sulfide) groups is 1. The van der Waals surface area contributed by atoms with Crippen LogP contribution in [0.25, 0.3) is 6.08 Å². The van der Waals surface area contributed by atoms with E-state index >= 15 is 0 Å². The van der Waals surface area contributed by atoms with Crippen molar-refractivity contribution in [2.75, 3.05) is 24.3 Å². The number of rotatable bonds is 10. The van der Waals surface area contributed by atoms with Crippen molar-refractivity contribution in [1.29, 1.82) is 5.26 Å². The van der Waals surface area contributed by atoms with Gasteiger partial charge in [-0.2, -0.15) is 5.26 Å².